The molecular weight excluding hydrogens is 383 g/mol. The van der Waals surface area contributed by atoms with Gasteiger partial charge < -0.3 is 4.98 Å². The third kappa shape index (κ3) is 3.24. The molecule has 3 heterocycles. The Morgan fingerprint density at radius 1 is 1.24 bits per heavy atom. The Labute approximate surface area is 164 Å². The molecule has 0 aliphatic carbocycles. The maximum Gasteiger partial charge on any atom is 0.416 e. The molecule has 1 aromatic carbocycles. The molecule has 1 aliphatic rings. The van der Waals surface area contributed by atoms with E-state index in [1.54, 1.807) is 6.92 Å². The van der Waals surface area contributed by atoms with Gasteiger partial charge in [-0.3, -0.25) is 4.79 Å². The number of rotatable bonds is 3. The van der Waals surface area contributed by atoms with Crippen LogP contribution in [-0.4, -0.2) is 25.0 Å². The van der Waals surface area contributed by atoms with Crippen molar-refractivity contribution in [2.24, 2.45) is 0 Å². The third-order valence-corrected chi connectivity index (χ3v) is 5.61. The van der Waals surface area contributed by atoms with Crippen LogP contribution in [-0.2, 0) is 18.1 Å². The summed E-state index contributed by atoms with van der Waals surface area (Å²) in [7, 11) is 0. The van der Waals surface area contributed by atoms with Crippen LogP contribution in [0.15, 0.2) is 35.1 Å². The van der Waals surface area contributed by atoms with Gasteiger partial charge in [0, 0.05) is 6.07 Å². The first-order valence-corrected chi connectivity index (χ1v) is 9.46. The van der Waals surface area contributed by atoms with Crippen LogP contribution in [0.5, 0.6) is 0 Å². The van der Waals surface area contributed by atoms with E-state index in [0.717, 1.165) is 36.2 Å². The second-order valence-corrected chi connectivity index (χ2v) is 7.33. The first kappa shape index (κ1) is 19.4. The highest BCUT2D eigenvalue weighted by atomic mass is 19.4. The molecule has 152 valence electrons. The van der Waals surface area contributed by atoms with E-state index in [2.05, 4.69) is 20.3 Å². The molecule has 2 aromatic heterocycles. The number of hydrogen-bond donors (Lipinski definition) is 1. The van der Waals surface area contributed by atoms with Gasteiger partial charge in [-0.1, -0.05) is 24.3 Å². The average molecular weight is 403 g/mol. The summed E-state index contributed by atoms with van der Waals surface area (Å²) in [5.74, 6) is 0.481. The standard InChI is InChI=1S/C20H20F3N5O/c1-3-19(13-6-8-14(9-7-13)20(21,22)23)10-4-5-16-18(26-27-28(16)19)15-11-17(29)25-12(2)24-15/h6-9,11H,3-5,10H2,1-2H3,(H,24,25,29). The van der Waals surface area contributed by atoms with Crippen LogP contribution in [0.2, 0.25) is 0 Å². The summed E-state index contributed by atoms with van der Waals surface area (Å²) < 4.78 is 40.7. The minimum Gasteiger partial charge on any atom is -0.311 e. The monoisotopic (exact) mass is 403 g/mol. The maximum absolute atomic E-state index is 13.0. The lowest BCUT2D eigenvalue weighted by Crippen LogP contribution is -2.39. The number of alkyl halides is 3. The molecule has 29 heavy (non-hydrogen) atoms. The van der Waals surface area contributed by atoms with E-state index in [4.69, 9.17) is 0 Å². The minimum absolute atomic E-state index is 0.269. The molecular formula is C20H20F3N5O. The molecule has 3 aromatic rings. The van der Waals surface area contributed by atoms with Crippen LogP contribution in [0, 0.1) is 6.92 Å². The molecule has 0 bridgehead atoms. The van der Waals surface area contributed by atoms with Gasteiger partial charge in [0.25, 0.3) is 5.56 Å². The fourth-order valence-corrected chi connectivity index (χ4v) is 4.19. The van der Waals surface area contributed by atoms with E-state index >= 15 is 0 Å². The van der Waals surface area contributed by atoms with Gasteiger partial charge >= 0.3 is 6.18 Å². The van der Waals surface area contributed by atoms with Crippen molar-refractivity contribution in [3.8, 4) is 11.4 Å². The topological polar surface area (TPSA) is 76.5 Å². The van der Waals surface area contributed by atoms with Gasteiger partial charge in [-0.15, -0.1) is 5.10 Å². The predicted molar refractivity (Wildman–Crippen MR) is 100 cm³/mol. The molecule has 0 radical (unpaired) electrons. The van der Waals surface area contributed by atoms with Gasteiger partial charge in [-0.05, 0) is 50.3 Å². The Morgan fingerprint density at radius 3 is 2.59 bits per heavy atom. The Balaban J connectivity index is 1.83. The fraction of sp³-hybridized carbons (Fsp3) is 0.400. The molecule has 1 atom stereocenters. The fourth-order valence-electron chi connectivity index (χ4n) is 4.19. The van der Waals surface area contributed by atoms with E-state index in [1.807, 2.05) is 11.6 Å². The molecule has 0 saturated carbocycles. The van der Waals surface area contributed by atoms with Crippen LogP contribution >= 0.6 is 0 Å². The molecule has 4 rings (SSSR count). The number of aromatic nitrogens is 5. The Morgan fingerprint density at radius 2 is 1.97 bits per heavy atom. The summed E-state index contributed by atoms with van der Waals surface area (Å²) in [5, 5.41) is 8.65. The van der Waals surface area contributed by atoms with Crippen molar-refractivity contribution in [2.75, 3.05) is 0 Å². The summed E-state index contributed by atoms with van der Waals surface area (Å²) in [5.41, 5.74) is 1.08. The summed E-state index contributed by atoms with van der Waals surface area (Å²) in [4.78, 5) is 18.8. The number of nitrogens with zero attached hydrogens (tertiary/aromatic N) is 4. The van der Waals surface area contributed by atoms with Crippen molar-refractivity contribution in [3.05, 3.63) is 63.3 Å². The van der Waals surface area contributed by atoms with E-state index in [0.29, 0.717) is 30.1 Å². The Hall–Kier alpha value is -2.97. The van der Waals surface area contributed by atoms with Crippen molar-refractivity contribution in [3.63, 3.8) is 0 Å². The number of hydrogen-bond acceptors (Lipinski definition) is 4. The number of nitrogens with one attached hydrogen (secondary N) is 1. The molecule has 1 N–H and O–H groups in total. The highest BCUT2D eigenvalue weighted by molar-refractivity contribution is 5.57. The number of aryl methyl sites for hydroxylation is 1. The zero-order valence-electron chi connectivity index (χ0n) is 16.0. The number of aromatic amines is 1. The summed E-state index contributed by atoms with van der Waals surface area (Å²) in [6, 6.07) is 6.66. The van der Waals surface area contributed by atoms with Gasteiger partial charge in [-0.2, -0.15) is 13.2 Å². The number of fused-ring (bicyclic) bond motifs is 1. The number of H-pyrrole nitrogens is 1. The van der Waals surface area contributed by atoms with Crippen molar-refractivity contribution in [1.29, 1.82) is 0 Å². The van der Waals surface area contributed by atoms with Crippen molar-refractivity contribution < 1.29 is 13.2 Å². The molecule has 0 amide bonds. The molecule has 0 saturated heterocycles. The van der Waals surface area contributed by atoms with Gasteiger partial charge in [0.05, 0.1) is 16.8 Å². The molecule has 1 unspecified atom stereocenters. The van der Waals surface area contributed by atoms with E-state index in [-0.39, 0.29) is 5.56 Å². The zero-order chi connectivity index (χ0) is 20.8. The van der Waals surface area contributed by atoms with E-state index in [9.17, 15) is 18.0 Å². The van der Waals surface area contributed by atoms with Crippen molar-refractivity contribution in [1.82, 2.24) is 25.0 Å². The van der Waals surface area contributed by atoms with Crippen LogP contribution in [0.25, 0.3) is 11.4 Å². The van der Waals surface area contributed by atoms with Crippen LogP contribution in [0.1, 0.15) is 48.8 Å². The highest BCUT2D eigenvalue weighted by Crippen LogP contribution is 2.42. The quantitative estimate of drug-likeness (QED) is 0.721. The van der Waals surface area contributed by atoms with Gasteiger partial charge in [0.2, 0.25) is 0 Å². The lowest BCUT2D eigenvalue weighted by Gasteiger charge is -2.38. The average Bonchev–Trinajstić information content (AvgIpc) is 3.11. The van der Waals surface area contributed by atoms with Crippen LogP contribution < -0.4 is 5.56 Å². The lowest BCUT2D eigenvalue weighted by atomic mass is 9.79. The molecule has 0 spiro atoms. The first-order chi connectivity index (χ1) is 13.7. The second-order valence-electron chi connectivity index (χ2n) is 7.33. The Bertz CT molecular complexity index is 1100. The Kier molecular flexibility index (Phi) is 4.55. The smallest absolute Gasteiger partial charge is 0.311 e. The van der Waals surface area contributed by atoms with Gasteiger partial charge in [0.1, 0.15) is 17.2 Å². The summed E-state index contributed by atoms with van der Waals surface area (Å²) in [6.45, 7) is 3.68. The SMILES string of the molecule is CCC1(c2ccc(C(F)(F)F)cc2)CCCc2c(-c3cc(=O)[nH]c(C)n3)nnn21. The zero-order valence-corrected chi connectivity index (χ0v) is 16.0. The largest absolute Gasteiger partial charge is 0.416 e. The van der Waals surface area contributed by atoms with Gasteiger partial charge in [0.15, 0.2) is 0 Å². The minimum atomic E-state index is -4.38. The normalized spacial score (nSPS) is 19.2. The predicted octanol–water partition coefficient (Wildman–Crippen LogP) is 3.85. The van der Waals surface area contributed by atoms with E-state index in [1.165, 1.54) is 18.2 Å². The summed E-state index contributed by atoms with van der Waals surface area (Å²) in [6.07, 6.45) is -1.45. The van der Waals surface area contributed by atoms with Gasteiger partial charge in [-0.25, -0.2) is 9.67 Å². The third-order valence-electron chi connectivity index (χ3n) is 5.61. The molecule has 1 aliphatic heterocycles. The highest BCUT2D eigenvalue weighted by Gasteiger charge is 2.40. The lowest BCUT2D eigenvalue weighted by molar-refractivity contribution is -0.137. The number of benzene rings is 1. The van der Waals surface area contributed by atoms with Crippen molar-refractivity contribution >= 4 is 0 Å². The summed E-state index contributed by atoms with van der Waals surface area (Å²) >= 11 is 0. The number of halogens is 3. The van der Waals surface area contributed by atoms with E-state index < -0.39 is 17.3 Å². The first-order valence-electron chi connectivity index (χ1n) is 9.46. The molecule has 9 heteroatoms. The molecule has 6 nitrogen and oxygen atoms in total. The van der Waals surface area contributed by atoms with Crippen LogP contribution in [0.4, 0.5) is 13.2 Å². The van der Waals surface area contributed by atoms with Crippen LogP contribution in [0.3, 0.4) is 0 Å². The maximum atomic E-state index is 13.0. The molecule has 0 fully saturated rings. The second kappa shape index (κ2) is 6.82. The van der Waals surface area contributed by atoms with Crippen molar-refractivity contribution in [2.45, 2.75) is 51.2 Å².